The second kappa shape index (κ2) is 8.61. The van der Waals surface area contributed by atoms with Gasteiger partial charge in [0.05, 0.1) is 5.56 Å². The number of hydrogen-bond acceptors (Lipinski definition) is 4. The van der Waals surface area contributed by atoms with Gasteiger partial charge in [0.1, 0.15) is 11.6 Å². The van der Waals surface area contributed by atoms with Crippen LogP contribution in [0.3, 0.4) is 0 Å². The van der Waals surface area contributed by atoms with Gasteiger partial charge in [-0.25, -0.2) is 9.37 Å². The molecule has 3 N–H and O–H groups in total. The SMILES string of the molecule is CNC(=O)c1cccnc1NCCCNC(=O)c1cccc(F)c1. The summed E-state index contributed by atoms with van der Waals surface area (Å²) < 4.78 is 13.1. The van der Waals surface area contributed by atoms with E-state index in [1.54, 1.807) is 31.4 Å². The van der Waals surface area contributed by atoms with Crippen molar-refractivity contribution in [3.63, 3.8) is 0 Å². The molecule has 0 fully saturated rings. The molecule has 0 aliphatic carbocycles. The molecule has 1 heterocycles. The van der Waals surface area contributed by atoms with Gasteiger partial charge in [-0.2, -0.15) is 0 Å². The molecule has 0 saturated carbocycles. The quantitative estimate of drug-likeness (QED) is 0.676. The highest BCUT2D eigenvalue weighted by Gasteiger charge is 2.10. The molecule has 126 valence electrons. The van der Waals surface area contributed by atoms with E-state index in [1.165, 1.54) is 18.2 Å². The highest BCUT2D eigenvalue weighted by Crippen LogP contribution is 2.10. The minimum atomic E-state index is -0.443. The Hall–Kier alpha value is -2.96. The molecular formula is C17H19FN4O2. The highest BCUT2D eigenvalue weighted by atomic mass is 19.1. The first-order chi connectivity index (χ1) is 11.6. The number of anilines is 1. The fraction of sp³-hybridized carbons (Fsp3) is 0.235. The van der Waals surface area contributed by atoms with Crippen molar-refractivity contribution in [3.05, 3.63) is 59.5 Å². The van der Waals surface area contributed by atoms with Crippen molar-refractivity contribution in [3.8, 4) is 0 Å². The molecule has 2 amide bonds. The van der Waals surface area contributed by atoms with E-state index < -0.39 is 5.82 Å². The van der Waals surface area contributed by atoms with Crippen LogP contribution in [-0.4, -0.2) is 36.9 Å². The molecule has 0 unspecified atom stereocenters. The Morgan fingerprint density at radius 1 is 1.12 bits per heavy atom. The van der Waals surface area contributed by atoms with Gasteiger partial charge in [0.25, 0.3) is 11.8 Å². The molecular weight excluding hydrogens is 311 g/mol. The summed E-state index contributed by atoms with van der Waals surface area (Å²) in [4.78, 5) is 27.7. The summed E-state index contributed by atoms with van der Waals surface area (Å²) in [6.45, 7) is 0.953. The molecule has 1 aromatic carbocycles. The third-order valence-electron chi connectivity index (χ3n) is 3.30. The predicted octanol–water partition coefficient (Wildman–Crippen LogP) is 1.81. The lowest BCUT2D eigenvalue weighted by Gasteiger charge is -2.10. The van der Waals surface area contributed by atoms with Crippen LogP contribution in [0.4, 0.5) is 10.2 Å². The van der Waals surface area contributed by atoms with Gasteiger partial charge in [0.2, 0.25) is 0 Å². The lowest BCUT2D eigenvalue weighted by Crippen LogP contribution is -2.26. The fourth-order valence-corrected chi connectivity index (χ4v) is 2.09. The smallest absolute Gasteiger partial charge is 0.254 e. The number of hydrogen-bond donors (Lipinski definition) is 3. The predicted molar refractivity (Wildman–Crippen MR) is 89.5 cm³/mol. The number of amides is 2. The van der Waals surface area contributed by atoms with Crippen molar-refractivity contribution in [1.29, 1.82) is 0 Å². The Kier molecular flexibility index (Phi) is 6.24. The number of nitrogens with zero attached hydrogens (tertiary/aromatic N) is 1. The fourth-order valence-electron chi connectivity index (χ4n) is 2.09. The Bertz CT molecular complexity index is 721. The number of halogens is 1. The third-order valence-corrected chi connectivity index (χ3v) is 3.30. The van der Waals surface area contributed by atoms with E-state index in [1.807, 2.05) is 0 Å². The van der Waals surface area contributed by atoms with Crippen molar-refractivity contribution >= 4 is 17.6 Å². The number of benzene rings is 1. The van der Waals surface area contributed by atoms with Crippen molar-refractivity contribution < 1.29 is 14.0 Å². The maximum atomic E-state index is 13.1. The van der Waals surface area contributed by atoms with Crippen LogP contribution in [0, 0.1) is 5.82 Å². The first kappa shape index (κ1) is 17.4. The van der Waals surface area contributed by atoms with E-state index in [0.29, 0.717) is 30.9 Å². The molecule has 0 aliphatic rings. The van der Waals surface area contributed by atoms with Crippen LogP contribution in [0.1, 0.15) is 27.1 Å². The monoisotopic (exact) mass is 330 g/mol. The number of nitrogens with one attached hydrogen (secondary N) is 3. The molecule has 1 aromatic heterocycles. The van der Waals surface area contributed by atoms with E-state index in [2.05, 4.69) is 20.9 Å². The summed E-state index contributed by atoms with van der Waals surface area (Å²) in [7, 11) is 1.56. The van der Waals surface area contributed by atoms with Crippen molar-refractivity contribution in [1.82, 2.24) is 15.6 Å². The first-order valence-electron chi connectivity index (χ1n) is 7.56. The van der Waals surface area contributed by atoms with Crippen LogP contribution in [-0.2, 0) is 0 Å². The Labute approximate surface area is 139 Å². The zero-order valence-electron chi connectivity index (χ0n) is 13.3. The number of aromatic nitrogens is 1. The van der Waals surface area contributed by atoms with E-state index in [0.717, 1.165) is 0 Å². The summed E-state index contributed by atoms with van der Waals surface area (Å²) in [5.74, 6) is -0.488. The maximum absolute atomic E-state index is 13.1. The Morgan fingerprint density at radius 2 is 1.96 bits per heavy atom. The largest absolute Gasteiger partial charge is 0.369 e. The Morgan fingerprint density at radius 3 is 2.71 bits per heavy atom. The molecule has 2 aromatic rings. The second-order valence-corrected chi connectivity index (χ2v) is 5.03. The second-order valence-electron chi connectivity index (χ2n) is 5.03. The third kappa shape index (κ3) is 4.77. The van der Waals surface area contributed by atoms with Gasteiger partial charge in [0, 0.05) is 31.9 Å². The minimum Gasteiger partial charge on any atom is -0.369 e. The van der Waals surface area contributed by atoms with Gasteiger partial charge >= 0.3 is 0 Å². The van der Waals surface area contributed by atoms with E-state index in [-0.39, 0.29) is 17.4 Å². The Balaban J connectivity index is 1.78. The number of rotatable bonds is 7. The number of pyridine rings is 1. The van der Waals surface area contributed by atoms with Gasteiger partial charge < -0.3 is 16.0 Å². The average Bonchev–Trinajstić information content (AvgIpc) is 2.61. The van der Waals surface area contributed by atoms with Gasteiger partial charge in [0.15, 0.2) is 0 Å². The molecule has 7 heteroatoms. The summed E-state index contributed by atoms with van der Waals surface area (Å²) in [6, 6.07) is 8.90. The van der Waals surface area contributed by atoms with Gasteiger partial charge in [-0.05, 0) is 36.8 Å². The molecule has 0 spiro atoms. The summed E-state index contributed by atoms with van der Waals surface area (Å²) in [6.07, 6.45) is 2.23. The van der Waals surface area contributed by atoms with Gasteiger partial charge in [-0.1, -0.05) is 6.07 Å². The van der Waals surface area contributed by atoms with E-state index >= 15 is 0 Å². The zero-order valence-corrected chi connectivity index (χ0v) is 13.3. The normalized spacial score (nSPS) is 10.1. The molecule has 6 nitrogen and oxygen atoms in total. The molecule has 2 rings (SSSR count). The van der Waals surface area contributed by atoms with Gasteiger partial charge in [-0.3, -0.25) is 9.59 Å². The van der Waals surface area contributed by atoms with Gasteiger partial charge in [-0.15, -0.1) is 0 Å². The number of carbonyl (C=O) groups is 2. The molecule has 24 heavy (non-hydrogen) atoms. The van der Waals surface area contributed by atoms with Crippen LogP contribution >= 0.6 is 0 Å². The average molecular weight is 330 g/mol. The van der Waals surface area contributed by atoms with Crippen molar-refractivity contribution in [2.45, 2.75) is 6.42 Å². The lowest BCUT2D eigenvalue weighted by atomic mass is 10.2. The topological polar surface area (TPSA) is 83.1 Å². The summed E-state index contributed by atoms with van der Waals surface area (Å²) in [5, 5.41) is 8.34. The van der Waals surface area contributed by atoms with Crippen LogP contribution < -0.4 is 16.0 Å². The van der Waals surface area contributed by atoms with Crippen molar-refractivity contribution in [2.24, 2.45) is 0 Å². The molecule has 0 aliphatic heterocycles. The standard InChI is InChI=1S/C17H19FN4O2/c1-19-17(24)14-7-3-8-20-15(14)21-9-4-10-22-16(23)12-5-2-6-13(18)11-12/h2-3,5-8,11H,4,9-10H2,1H3,(H,19,24)(H,20,21)(H,22,23). The summed E-state index contributed by atoms with van der Waals surface area (Å²) >= 11 is 0. The molecule has 0 bridgehead atoms. The van der Waals surface area contributed by atoms with Crippen LogP contribution in [0.5, 0.6) is 0 Å². The van der Waals surface area contributed by atoms with Crippen LogP contribution in [0.15, 0.2) is 42.6 Å². The lowest BCUT2D eigenvalue weighted by molar-refractivity contribution is 0.0949. The highest BCUT2D eigenvalue weighted by molar-refractivity contribution is 5.98. The summed E-state index contributed by atoms with van der Waals surface area (Å²) in [5.41, 5.74) is 0.749. The van der Waals surface area contributed by atoms with E-state index in [9.17, 15) is 14.0 Å². The maximum Gasteiger partial charge on any atom is 0.254 e. The molecule has 0 saturated heterocycles. The number of carbonyl (C=O) groups excluding carboxylic acids is 2. The van der Waals surface area contributed by atoms with Crippen LogP contribution in [0.2, 0.25) is 0 Å². The molecule has 0 atom stereocenters. The first-order valence-corrected chi connectivity index (χ1v) is 7.56. The van der Waals surface area contributed by atoms with E-state index in [4.69, 9.17) is 0 Å². The van der Waals surface area contributed by atoms with Crippen molar-refractivity contribution in [2.75, 3.05) is 25.5 Å². The zero-order chi connectivity index (χ0) is 17.4. The minimum absolute atomic E-state index is 0.218. The van der Waals surface area contributed by atoms with Crippen LogP contribution in [0.25, 0.3) is 0 Å². The molecule has 0 radical (unpaired) electrons.